The van der Waals surface area contributed by atoms with Crippen LogP contribution in [0.1, 0.15) is 4.88 Å². The van der Waals surface area contributed by atoms with Gasteiger partial charge >= 0.3 is 6.36 Å². The number of amides is 1. The van der Waals surface area contributed by atoms with Gasteiger partial charge in [-0.25, -0.2) is 4.98 Å². The summed E-state index contributed by atoms with van der Waals surface area (Å²) in [5.74, 6) is -0.647. The molecule has 4 rings (SSSR count). The summed E-state index contributed by atoms with van der Waals surface area (Å²) in [6.45, 7) is 0. The van der Waals surface area contributed by atoms with Crippen LogP contribution in [-0.2, 0) is 11.2 Å². The second kappa shape index (κ2) is 9.23. The quantitative estimate of drug-likeness (QED) is 0.359. The number of ether oxygens (including phenoxy) is 1. The maximum Gasteiger partial charge on any atom is 0.573 e. The zero-order valence-electron chi connectivity index (χ0n) is 16.6. The van der Waals surface area contributed by atoms with Gasteiger partial charge in [-0.1, -0.05) is 60.7 Å². The van der Waals surface area contributed by atoms with Gasteiger partial charge in [-0.15, -0.1) is 24.5 Å². The molecular weight excluding hydrogens is 437 g/mol. The van der Waals surface area contributed by atoms with Crippen LogP contribution >= 0.6 is 11.3 Å². The van der Waals surface area contributed by atoms with Crippen LogP contribution in [0, 0.1) is 0 Å². The molecule has 0 saturated heterocycles. The third kappa shape index (κ3) is 5.53. The Bertz CT molecular complexity index is 1190. The summed E-state index contributed by atoms with van der Waals surface area (Å²) in [6, 6.07) is 24.3. The van der Waals surface area contributed by atoms with Gasteiger partial charge in [-0.05, 0) is 24.3 Å². The van der Waals surface area contributed by atoms with E-state index >= 15 is 0 Å². The Labute approximate surface area is 186 Å². The summed E-state index contributed by atoms with van der Waals surface area (Å²) in [6.07, 6.45) is -4.68. The molecule has 0 radical (unpaired) electrons. The van der Waals surface area contributed by atoms with Crippen molar-refractivity contribution in [2.75, 3.05) is 5.32 Å². The first-order chi connectivity index (χ1) is 15.4. The molecule has 1 aromatic heterocycles. The number of rotatable bonds is 6. The highest BCUT2D eigenvalue weighted by atomic mass is 32.1. The molecule has 0 saturated carbocycles. The fourth-order valence-corrected chi connectivity index (χ4v) is 4.18. The highest BCUT2D eigenvalue weighted by Gasteiger charge is 2.31. The summed E-state index contributed by atoms with van der Waals surface area (Å²) < 4.78 is 40.7. The highest BCUT2D eigenvalue weighted by Crippen LogP contribution is 2.34. The van der Waals surface area contributed by atoms with Crippen LogP contribution in [0.4, 0.5) is 18.9 Å². The average Bonchev–Trinajstić information content (AvgIpc) is 3.19. The molecule has 0 aliphatic heterocycles. The Morgan fingerprint density at radius 2 is 1.47 bits per heavy atom. The van der Waals surface area contributed by atoms with Crippen molar-refractivity contribution in [3.63, 3.8) is 0 Å². The third-order valence-corrected chi connectivity index (χ3v) is 5.56. The topological polar surface area (TPSA) is 51.2 Å². The summed E-state index contributed by atoms with van der Waals surface area (Å²) in [5.41, 5.74) is 2.97. The zero-order valence-corrected chi connectivity index (χ0v) is 17.4. The molecule has 0 fully saturated rings. The number of thiazole rings is 1. The number of carbonyl (C=O) groups is 1. The average molecular weight is 454 g/mol. The Hall–Kier alpha value is -3.65. The standard InChI is InChI=1S/C24H17F3N2O2S/c25-24(26,27)31-19-13-11-18(12-14-19)28-21(30)15-20-22(16-7-3-1-4-8-16)29-23(32-20)17-9-5-2-6-10-17/h1-14H,15H2,(H,28,30). The lowest BCUT2D eigenvalue weighted by molar-refractivity contribution is -0.274. The number of benzene rings is 3. The minimum atomic E-state index is -4.76. The number of halogens is 3. The van der Waals surface area contributed by atoms with E-state index in [-0.39, 0.29) is 18.1 Å². The molecule has 4 nitrogen and oxygen atoms in total. The molecule has 0 bridgehead atoms. The SMILES string of the molecule is O=C(Cc1sc(-c2ccccc2)nc1-c1ccccc1)Nc1ccc(OC(F)(F)F)cc1. The molecule has 32 heavy (non-hydrogen) atoms. The van der Waals surface area contributed by atoms with Crippen molar-refractivity contribution >= 4 is 22.9 Å². The number of aromatic nitrogens is 1. The Morgan fingerprint density at radius 3 is 2.06 bits per heavy atom. The second-order valence-electron chi connectivity index (χ2n) is 6.82. The fourth-order valence-electron chi connectivity index (χ4n) is 3.09. The molecule has 1 N–H and O–H groups in total. The van der Waals surface area contributed by atoms with Crippen molar-refractivity contribution in [3.05, 3.63) is 89.8 Å². The smallest absolute Gasteiger partial charge is 0.406 e. The van der Waals surface area contributed by atoms with Gasteiger partial charge < -0.3 is 10.1 Å². The lowest BCUT2D eigenvalue weighted by Gasteiger charge is -2.10. The number of hydrogen-bond acceptors (Lipinski definition) is 4. The first-order valence-corrected chi connectivity index (χ1v) is 10.5. The van der Waals surface area contributed by atoms with Crippen molar-refractivity contribution in [1.82, 2.24) is 4.98 Å². The van der Waals surface area contributed by atoms with E-state index in [0.29, 0.717) is 5.69 Å². The van der Waals surface area contributed by atoms with Gasteiger partial charge in [-0.3, -0.25) is 4.79 Å². The van der Waals surface area contributed by atoms with E-state index in [9.17, 15) is 18.0 Å². The third-order valence-electron chi connectivity index (χ3n) is 4.46. The number of nitrogens with zero attached hydrogens (tertiary/aromatic N) is 1. The van der Waals surface area contributed by atoms with Crippen LogP contribution in [0.5, 0.6) is 5.75 Å². The maximum atomic E-state index is 12.7. The van der Waals surface area contributed by atoms with Gasteiger partial charge in [0.2, 0.25) is 5.91 Å². The van der Waals surface area contributed by atoms with Crippen molar-refractivity contribution in [2.24, 2.45) is 0 Å². The second-order valence-corrected chi connectivity index (χ2v) is 7.90. The molecule has 0 atom stereocenters. The highest BCUT2D eigenvalue weighted by molar-refractivity contribution is 7.15. The predicted molar refractivity (Wildman–Crippen MR) is 118 cm³/mol. The van der Waals surface area contributed by atoms with Gasteiger partial charge in [0.15, 0.2) is 0 Å². The van der Waals surface area contributed by atoms with Crippen LogP contribution < -0.4 is 10.1 Å². The van der Waals surface area contributed by atoms with Gasteiger partial charge in [0, 0.05) is 21.7 Å². The van der Waals surface area contributed by atoms with Crippen LogP contribution in [-0.4, -0.2) is 17.3 Å². The van der Waals surface area contributed by atoms with Gasteiger partial charge in [-0.2, -0.15) is 0 Å². The van der Waals surface area contributed by atoms with Gasteiger partial charge in [0.05, 0.1) is 12.1 Å². The molecule has 8 heteroatoms. The van der Waals surface area contributed by atoms with E-state index in [0.717, 1.165) is 38.8 Å². The molecule has 162 valence electrons. The number of carbonyl (C=O) groups excluding carboxylic acids is 1. The summed E-state index contributed by atoms with van der Waals surface area (Å²) in [5, 5.41) is 3.52. The van der Waals surface area contributed by atoms with Crippen LogP contribution in [0.15, 0.2) is 84.9 Å². The summed E-state index contributed by atoms with van der Waals surface area (Å²) in [7, 11) is 0. The number of alkyl halides is 3. The molecular formula is C24H17F3N2O2S. The summed E-state index contributed by atoms with van der Waals surface area (Å²) >= 11 is 1.44. The number of nitrogens with one attached hydrogen (secondary N) is 1. The number of anilines is 1. The van der Waals surface area contributed by atoms with E-state index in [1.807, 2.05) is 60.7 Å². The molecule has 0 unspecified atom stereocenters. The normalized spacial score (nSPS) is 11.2. The largest absolute Gasteiger partial charge is 0.573 e. The van der Waals surface area contributed by atoms with Crippen molar-refractivity contribution in [2.45, 2.75) is 12.8 Å². The molecule has 0 spiro atoms. The van der Waals surface area contributed by atoms with Gasteiger partial charge in [0.1, 0.15) is 10.8 Å². The predicted octanol–water partition coefficient (Wildman–Crippen LogP) is 6.56. The molecule has 1 amide bonds. The maximum absolute atomic E-state index is 12.7. The van der Waals surface area contributed by atoms with E-state index in [1.54, 1.807) is 0 Å². The molecule has 3 aromatic carbocycles. The molecule has 4 aromatic rings. The van der Waals surface area contributed by atoms with E-state index < -0.39 is 6.36 Å². The van der Waals surface area contributed by atoms with E-state index in [2.05, 4.69) is 10.1 Å². The lowest BCUT2D eigenvalue weighted by atomic mass is 10.1. The first kappa shape index (κ1) is 21.6. The van der Waals surface area contributed by atoms with Crippen LogP contribution in [0.25, 0.3) is 21.8 Å². The van der Waals surface area contributed by atoms with Crippen LogP contribution in [0.2, 0.25) is 0 Å². The van der Waals surface area contributed by atoms with Crippen molar-refractivity contribution in [3.8, 4) is 27.6 Å². The van der Waals surface area contributed by atoms with Gasteiger partial charge in [0.25, 0.3) is 0 Å². The van der Waals surface area contributed by atoms with E-state index in [4.69, 9.17) is 4.98 Å². The van der Waals surface area contributed by atoms with Crippen LogP contribution in [0.3, 0.4) is 0 Å². The van der Waals surface area contributed by atoms with E-state index in [1.165, 1.54) is 23.5 Å². The molecule has 0 aliphatic rings. The lowest BCUT2D eigenvalue weighted by Crippen LogP contribution is -2.17. The zero-order chi connectivity index (χ0) is 22.6. The Kier molecular flexibility index (Phi) is 6.23. The van der Waals surface area contributed by atoms with Crippen molar-refractivity contribution in [1.29, 1.82) is 0 Å². The fraction of sp³-hybridized carbons (Fsp3) is 0.0833. The van der Waals surface area contributed by atoms with Crippen molar-refractivity contribution < 1.29 is 22.7 Å². The summed E-state index contributed by atoms with van der Waals surface area (Å²) in [4.78, 5) is 18.2. The minimum Gasteiger partial charge on any atom is -0.406 e. The number of hydrogen-bond donors (Lipinski definition) is 1. The molecule has 0 aliphatic carbocycles. The minimum absolute atomic E-state index is 0.0789. The first-order valence-electron chi connectivity index (χ1n) is 9.63. The Balaban J connectivity index is 1.54. The molecule has 1 heterocycles. The monoisotopic (exact) mass is 454 g/mol. The Morgan fingerprint density at radius 1 is 0.875 bits per heavy atom.